The summed E-state index contributed by atoms with van der Waals surface area (Å²) in [6.45, 7) is 42.0. The van der Waals surface area contributed by atoms with Crippen LogP contribution in [0.5, 0.6) is 0 Å². The van der Waals surface area contributed by atoms with Gasteiger partial charge in [-0.05, 0) is 214 Å². The molecule has 3 aliphatic heterocycles. The summed E-state index contributed by atoms with van der Waals surface area (Å²) in [6, 6.07) is 14.3. The second-order valence-corrected chi connectivity index (χ2v) is 33.3. The first-order valence-corrected chi connectivity index (χ1v) is 40.3. The van der Waals surface area contributed by atoms with Gasteiger partial charge in [-0.15, -0.1) is 0 Å². The van der Waals surface area contributed by atoms with Crippen LogP contribution in [0.2, 0.25) is 0 Å². The molecule has 0 spiro atoms. The number of carbonyl (C=O) groups is 10. The highest BCUT2D eigenvalue weighted by Gasteiger charge is 2.41. The van der Waals surface area contributed by atoms with Gasteiger partial charge < -0.3 is 88.6 Å². The Morgan fingerprint density at radius 2 is 1.02 bits per heavy atom. The number of carbonyl (C=O) groups excluding carboxylic acids is 9. The third kappa shape index (κ3) is 33.5. The van der Waals surface area contributed by atoms with Crippen molar-refractivity contribution in [2.24, 2.45) is 5.73 Å². The van der Waals surface area contributed by atoms with Gasteiger partial charge in [0.25, 0.3) is 17.2 Å². The number of nitrogens with zero attached hydrogens (tertiary/aromatic N) is 9. The van der Waals surface area contributed by atoms with Crippen molar-refractivity contribution >= 4 is 115 Å². The van der Waals surface area contributed by atoms with Crippen LogP contribution in [0, 0.1) is 10.1 Å². The average molecular weight is 1720 g/mol. The van der Waals surface area contributed by atoms with Crippen LogP contribution in [-0.4, -0.2) is 249 Å². The van der Waals surface area contributed by atoms with Crippen LogP contribution in [0.3, 0.4) is 0 Å². The fraction of sp³-hybridized carbons (Fsp3) is 0.592. The number of aromatic carboxylic acids is 1. The fourth-order valence-corrected chi connectivity index (χ4v) is 12.4. The molecule has 8 atom stereocenters. The van der Waals surface area contributed by atoms with Gasteiger partial charge in [0, 0.05) is 53.3 Å². The summed E-state index contributed by atoms with van der Waals surface area (Å²) in [5, 5.41) is 45.6. The van der Waals surface area contributed by atoms with Crippen LogP contribution in [0.25, 0.3) is 33.1 Å². The SMILES string of the molecule is CCOC(=O)c1ccc2cc(C(=O)OCC)n([C@@H](C)CN)c2n1.CCOC(=O)c1ccc2cc(C(=O)OCC)n([C@@H](C)CNC(=O)OC(C)(C)C)c2n1.C[C@@H]1CNC(=O)c2cc3ccc(C(=O)O)nc3n21.C[C@H](O)CNC(=O)OC(C)(C)C.C[C@H](O)C[N+](=O)[O-].C[C@H]1CN(C(=O)OC(C)(C)C)S(=O)(=O)O1.C[C@H]1CN(C(=O)OC(C)(C)C)S(=O)O1. The standard InChI is InChI=1S/C21H29N3O6.C16H21N3O4.C12H11N3O3.C8H15NO5S.C8H15NO4S.C8H17NO3.C3H7NO3/c1-7-28-18(25)15-10-9-14-11-16(19(26)29-8-2)24(17(14)23-15)13(3)12-22-20(27)30-21(4,5)6;1-4-22-15(20)12-7-6-11-8-13(16(21)23-5-2)19(10(3)9-17)14(11)18-12;1-6-5-13-11(16)9-4-7-2-3-8(12(17)18)14-10(7)15(6)9;1-6-5-9(15(11,12)14-6)7(10)13-8(2,3)4;1-6-5-9(14(11)13-6)7(10)12-8(2,3)4;1-6(10)5-9-7(11)12-8(2,3)4;1-3(5)2-4(6)7/h9-11,13H,7-8,12H2,1-6H3,(H,22,27);6-8,10H,4-5,9,17H2,1-3H3;2-4,6H,5H2,1H3,(H,13,16)(H,17,18);6H,5H2,1-4H3;6H,5H2,1-4H3;6,10H,5H2,1-4H3,(H,9,11);3,5H,2H2,1H3/t13-;10-;2*6-;6-,14?;6-;3-/m0010000/s1. The van der Waals surface area contributed by atoms with Crippen LogP contribution in [0.1, 0.15) is 240 Å². The van der Waals surface area contributed by atoms with Crippen molar-refractivity contribution < 1.29 is 127 Å². The highest BCUT2D eigenvalue weighted by molar-refractivity contribution is 7.85. The Labute approximate surface area is 693 Å². The summed E-state index contributed by atoms with van der Waals surface area (Å²) >= 11 is -1.70. The number of aliphatic hydroxyl groups excluding tert-OH is 2. The molecule has 8 N–H and O–H groups in total. The lowest BCUT2D eigenvalue weighted by Crippen LogP contribution is -2.37. The summed E-state index contributed by atoms with van der Waals surface area (Å²) in [4.78, 5) is 139. The molecule has 6 aromatic rings. The van der Waals surface area contributed by atoms with Crippen molar-refractivity contribution in [3.05, 3.63) is 98.9 Å². The molecule has 119 heavy (non-hydrogen) atoms. The molecule has 664 valence electrons. The number of aliphatic hydroxyl groups is 2. The topological polar surface area (TPSA) is 540 Å². The molecular weight excluding hydrogens is 1610 g/mol. The highest BCUT2D eigenvalue weighted by atomic mass is 32.2. The summed E-state index contributed by atoms with van der Waals surface area (Å²) < 4.78 is 90.6. The monoisotopic (exact) mass is 1720 g/mol. The van der Waals surface area contributed by atoms with Gasteiger partial charge in [0.05, 0.1) is 69.9 Å². The van der Waals surface area contributed by atoms with E-state index in [1.165, 1.54) is 13.0 Å². The number of fused-ring (bicyclic) bond motifs is 5. The number of alkyl carbamates (subject to hydrolysis) is 2. The smallest absolute Gasteiger partial charge is 0.425 e. The molecule has 0 radical (unpaired) electrons. The Kier molecular flexibility index (Phi) is 39.1. The van der Waals surface area contributed by atoms with E-state index in [9.17, 15) is 70.7 Å². The maximum Gasteiger partial charge on any atom is 0.425 e. The largest absolute Gasteiger partial charge is 0.477 e. The van der Waals surface area contributed by atoms with E-state index in [4.69, 9.17) is 63.1 Å². The van der Waals surface area contributed by atoms with Crippen molar-refractivity contribution in [3.63, 3.8) is 0 Å². The zero-order valence-corrected chi connectivity index (χ0v) is 73.1. The molecule has 1 unspecified atom stereocenters. The lowest BCUT2D eigenvalue weighted by molar-refractivity contribution is -0.489. The van der Waals surface area contributed by atoms with Crippen molar-refractivity contribution in [2.75, 3.05) is 72.2 Å². The Hall–Kier alpha value is -10.7. The van der Waals surface area contributed by atoms with E-state index in [2.05, 4.69) is 35.1 Å². The molecule has 6 aromatic heterocycles. The number of nitrogens with two attached hydrogens (primary N) is 1. The molecule has 9 rings (SSSR count). The van der Waals surface area contributed by atoms with Crippen molar-refractivity contribution in [1.29, 1.82) is 0 Å². The number of pyridine rings is 3. The zero-order valence-electron chi connectivity index (χ0n) is 71.5. The van der Waals surface area contributed by atoms with Gasteiger partial charge in [-0.3, -0.25) is 19.1 Å². The van der Waals surface area contributed by atoms with Crippen LogP contribution in [0.15, 0.2) is 54.6 Å². The van der Waals surface area contributed by atoms with Crippen LogP contribution >= 0.6 is 0 Å². The first-order chi connectivity index (χ1) is 55.0. The van der Waals surface area contributed by atoms with E-state index in [0.29, 0.717) is 57.7 Å². The first-order valence-electron chi connectivity index (χ1n) is 37.9. The van der Waals surface area contributed by atoms with E-state index in [1.807, 2.05) is 20.8 Å². The summed E-state index contributed by atoms with van der Waals surface area (Å²) in [5.74, 6) is -3.23. The second kappa shape index (κ2) is 45.4. The fourth-order valence-electron chi connectivity index (χ4n) is 10.3. The molecule has 3 aliphatic rings. The predicted molar refractivity (Wildman–Crippen MR) is 433 cm³/mol. The van der Waals surface area contributed by atoms with Crippen LogP contribution in [0.4, 0.5) is 19.2 Å². The number of carboxylic acids is 1. The minimum Gasteiger partial charge on any atom is -0.477 e. The molecule has 0 aliphatic carbocycles. The molecule has 0 bridgehead atoms. The number of aromatic nitrogens is 6. The van der Waals surface area contributed by atoms with Crippen LogP contribution in [-0.2, 0) is 67.8 Å². The number of amides is 5. The van der Waals surface area contributed by atoms with E-state index in [1.54, 1.807) is 194 Å². The summed E-state index contributed by atoms with van der Waals surface area (Å²) in [6.07, 6.45) is -4.66. The lowest BCUT2D eigenvalue weighted by Gasteiger charge is -2.23. The number of nitro groups is 1. The number of hydrogen-bond donors (Lipinski definition) is 7. The van der Waals surface area contributed by atoms with E-state index in [-0.39, 0.29) is 106 Å². The summed E-state index contributed by atoms with van der Waals surface area (Å²) in [5.41, 5.74) is 6.30. The van der Waals surface area contributed by atoms with Gasteiger partial charge >= 0.3 is 64.5 Å². The molecular formula is C76H115N13O28S2. The second-order valence-electron chi connectivity index (χ2n) is 30.7. The number of esters is 4. The van der Waals surface area contributed by atoms with Gasteiger partial charge in [0.2, 0.25) is 6.54 Å². The lowest BCUT2D eigenvalue weighted by atomic mass is 10.2. The van der Waals surface area contributed by atoms with Gasteiger partial charge in [0.1, 0.15) is 62.5 Å². The van der Waals surface area contributed by atoms with Crippen molar-refractivity contribution in [3.8, 4) is 0 Å². The minimum absolute atomic E-state index is 0.00273. The quantitative estimate of drug-likeness (QED) is 0.0182. The maximum atomic E-state index is 12.5. The van der Waals surface area contributed by atoms with Gasteiger partial charge in [0.15, 0.2) is 17.1 Å². The van der Waals surface area contributed by atoms with Crippen molar-refractivity contribution in [2.45, 2.75) is 224 Å². The maximum absolute atomic E-state index is 12.5. The van der Waals surface area contributed by atoms with E-state index < -0.39 is 121 Å². The Morgan fingerprint density at radius 1 is 0.605 bits per heavy atom. The Morgan fingerprint density at radius 3 is 1.39 bits per heavy atom. The molecule has 0 aromatic carbocycles. The number of hydrogen-bond acceptors (Lipinski definition) is 31. The number of ether oxygens (including phenoxy) is 8. The van der Waals surface area contributed by atoms with E-state index >= 15 is 0 Å². The molecule has 5 amide bonds. The molecule has 43 heteroatoms. The number of carboxylic acid groups (broad SMARTS) is 1. The van der Waals surface area contributed by atoms with Crippen LogP contribution < -0.4 is 21.7 Å². The molecule has 41 nitrogen and oxygen atoms in total. The van der Waals surface area contributed by atoms with Crippen molar-refractivity contribution in [1.82, 2.24) is 53.2 Å². The third-order valence-electron chi connectivity index (χ3n) is 15.0. The predicted octanol–water partition coefficient (Wildman–Crippen LogP) is 9.07. The average Bonchev–Trinajstić information content (AvgIpc) is 1.63. The molecule has 0 saturated carbocycles. The Balaban J connectivity index is 0.000000372. The van der Waals surface area contributed by atoms with Gasteiger partial charge in [-0.1, -0.05) is 0 Å². The van der Waals surface area contributed by atoms with Gasteiger partial charge in [-0.2, -0.15) is 12.7 Å². The Bertz CT molecular complexity index is 4650. The van der Waals surface area contributed by atoms with Gasteiger partial charge in [-0.25, -0.2) is 70.8 Å². The minimum atomic E-state index is -3.95. The normalized spacial score (nSPS) is 16.9. The number of nitrogens with one attached hydrogen (secondary N) is 3. The zero-order chi connectivity index (χ0) is 90.7. The molecule has 9 heterocycles. The molecule has 2 fully saturated rings. The first kappa shape index (κ1) is 102. The third-order valence-corrected chi connectivity index (χ3v) is 17.5. The summed E-state index contributed by atoms with van der Waals surface area (Å²) in [7, 11) is -3.95. The highest BCUT2D eigenvalue weighted by Crippen LogP contribution is 2.29. The molecule has 2 saturated heterocycles. The van der Waals surface area contributed by atoms with E-state index in [0.717, 1.165) is 15.1 Å². The number of rotatable bonds is 18.